The molecule has 0 aromatic carbocycles. The molecule has 6 heteroatoms. The van der Waals surface area contributed by atoms with Crippen LogP contribution in [0.25, 0.3) is 0 Å². The first-order chi connectivity index (χ1) is 7.99. The van der Waals surface area contributed by atoms with Crippen LogP contribution in [0.3, 0.4) is 0 Å². The van der Waals surface area contributed by atoms with Gasteiger partial charge in [0.15, 0.2) is 0 Å². The highest BCUT2D eigenvalue weighted by Gasteiger charge is 2.13. The summed E-state index contributed by atoms with van der Waals surface area (Å²) in [4.78, 5) is 25.0. The van der Waals surface area contributed by atoms with Crippen molar-refractivity contribution in [2.75, 3.05) is 6.61 Å². The van der Waals surface area contributed by atoms with Crippen molar-refractivity contribution in [3.63, 3.8) is 0 Å². The van der Waals surface area contributed by atoms with E-state index in [9.17, 15) is 9.59 Å². The molecule has 0 aliphatic rings. The minimum atomic E-state index is -0.532. The van der Waals surface area contributed by atoms with Crippen LogP contribution < -0.4 is 11.2 Å². The average molecular weight is 242 g/mol. The third kappa shape index (κ3) is 3.28. The zero-order valence-corrected chi connectivity index (χ0v) is 10.3. The summed E-state index contributed by atoms with van der Waals surface area (Å²) in [6, 6.07) is 0. The first-order valence-corrected chi connectivity index (χ1v) is 5.58. The maximum absolute atomic E-state index is 11.6. The average Bonchev–Trinajstić information content (AvgIpc) is 2.30. The van der Waals surface area contributed by atoms with Crippen LogP contribution in [0.4, 0.5) is 0 Å². The van der Waals surface area contributed by atoms with Gasteiger partial charge in [-0.25, -0.2) is 4.79 Å². The second-order valence-electron chi connectivity index (χ2n) is 3.93. The van der Waals surface area contributed by atoms with Crippen molar-refractivity contribution in [3.8, 4) is 0 Å². The fraction of sp³-hybridized carbons (Fsp3) is 0.636. The van der Waals surface area contributed by atoms with Crippen LogP contribution in [0, 0.1) is 6.92 Å². The zero-order chi connectivity index (χ0) is 13.0. The van der Waals surface area contributed by atoms with Crippen molar-refractivity contribution < 1.29 is 9.84 Å². The van der Waals surface area contributed by atoms with E-state index in [1.807, 2.05) is 6.92 Å². The lowest BCUT2D eigenvalue weighted by atomic mass is 10.3. The molecule has 1 aromatic heterocycles. The van der Waals surface area contributed by atoms with Gasteiger partial charge in [-0.3, -0.25) is 14.3 Å². The number of aliphatic hydroxyl groups is 1. The quantitative estimate of drug-likeness (QED) is 0.769. The number of rotatable bonds is 5. The molecule has 0 spiro atoms. The SMILES string of the molecule is CC[C@H](CO)O[C@H](C)n1cc(C)c(=O)[nH]c1=O. The van der Waals surface area contributed by atoms with E-state index >= 15 is 0 Å². The molecule has 0 aliphatic heterocycles. The molecule has 0 saturated carbocycles. The van der Waals surface area contributed by atoms with Gasteiger partial charge < -0.3 is 9.84 Å². The summed E-state index contributed by atoms with van der Waals surface area (Å²) in [6.45, 7) is 5.09. The van der Waals surface area contributed by atoms with Gasteiger partial charge in [-0.15, -0.1) is 0 Å². The second-order valence-corrected chi connectivity index (χ2v) is 3.93. The summed E-state index contributed by atoms with van der Waals surface area (Å²) in [7, 11) is 0. The van der Waals surface area contributed by atoms with E-state index < -0.39 is 17.5 Å². The van der Waals surface area contributed by atoms with Gasteiger partial charge in [0.2, 0.25) is 0 Å². The van der Waals surface area contributed by atoms with E-state index in [0.29, 0.717) is 12.0 Å². The predicted molar refractivity (Wildman–Crippen MR) is 63.0 cm³/mol. The number of H-pyrrole nitrogens is 1. The molecule has 0 saturated heterocycles. The van der Waals surface area contributed by atoms with Crippen molar-refractivity contribution in [2.24, 2.45) is 0 Å². The minimum Gasteiger partial charge on any atom is -0.394 e. The Hall–Kier alpha value is -1.40. The van der Waals surface area contributed by atoms with Crippen LogP contribution in [0.5, 0.6) is 0 Å². The number of ether oxygens (including phenoxy) is 1. The van der Waals surface area contributed by atoms with E-state index in [-0.39, 0.29) is 12.7 Å². The monoisotopic (exact) mass is 242 g/mol. The highest BCUT2D eigenvalue weighted by atomic mass is 16.5. The van der Waals surface area contributed by atoms with Gasteiger partial charge in [-0.2, -0.15) is 0 Å². The molecule has 96 valence electrons. The molecule has 0 fully saturated rings. The molecule has 1 rings (SSSR count). The maximum atomic E-state index is 11.6. The number of aromatic nitrogens is 2. The van der Waals surface area contributed by atoms with Crippen LogP contribution >= 0.6 is 0 Å². The summed E-state index contributed by atoms with van der Waals surface area (Å²) in [5, 5.41) is 9.02. The van der Waals surface area contributed by atoms with Gasteiger partial charge >= 0.3 is 5.69 Å². The number of aromatic amines is 1. The first kappa shape index (κ1) is 13.7. The van der Waals surface area contributed by atoms with Crippen LogP contribution in [-0.4, -0.2) is 27.4 Å². The normalized spacial score (nSPS) is 14.6. The topological polar surface area (TPSA) is 84.3 Å². The lowest BCUT2D eigenvalue weighted by Gasteiger charge is -2.21. The summed E-state index contributed by atoms with van der Waals surface area (Å²) in [5.74, 6) is 0. The molecule has 6 nitrogen and oxygen atoms in total. The van der Waals surface area contributed by atoms with Gasteiger partial charge in [0.05, 0.1) is 12.7 Å². The Balaban J connectivity index is 2.96. The standard InChI is InChI=1S/C11H18N2O4/c1-4-9(6-14)17-8(3)13-5-7(2)10(15)12-11(13)16/h5,8-9,14H,4,6H2,1-3H3,(H,12,15,16)/t8-,9-/m1/s1. The number of hydrogen-bond acceptors (Lipinski definition) is 4. The minimum absolute atomic E-state index is 0.0993. The molecule has 17 heavy (non-hydrogen) atoms. The largest absolute Gasteiger partial charge is 0.394 e. The summed E-state index contributed by atoms with van der Waals surface area (Å²) in [6.07, 6.45) is 1.26. The number of hydrogen-bond donors (Lipinski definition) is 2. The van der Waals surface area contributed by atoms with E-state index in [1.165, 1.54) is 10.8 Å². The Morgan fingerprint density at radius 3 is 2.71 bits per heavy atom. The lowest BCUT2D eigenvalue weighted by molar-refractivity contribution is -0.0683. The molecule has 2 N–H and O–H groups in total. The van der Waals surface area contributed by atoms with E-state index in [4.69, 9.17) is 9.84 Å². The lowest BCUT2D eigenvalue weighted by Crippen LogP contribution is -2.35. The van der Waals surface area contributed by atoms with Crippen molar-refractivity contribution in [1.82, 2.24) is 9.55 Å². The number of aryl methyl sites for hydroxylation is 1. The van der Waals surface area contributed by atoms with Crippen LogP contribution in [0.1, 0.15) is 32.1 Å². The smallest absolute Gasteiger partial charge is 0.330 e. The Morgan fingerprint density at radius 2 is 2.18 bits per heavy atom. The molecule has 0 unspecified atom stereocenters. The predicted octanol–water partition coefficient (Wildman–Crippen LogP) is 0.151. The van der Waals surface area contributed by atoms with Gasteiger partial charge in [0.1, 0.15) is 6.23 Å². The van der Waals surface area contributed by atoms with Crippen LogP contribution in [-0.2, 0) is 4.74 Å². The third-order valence-corrected chi connectivity index (χ3v) is 2.59. The summed E-state index contributed by atoms with van der Waals surface area (Å²) in [5.41, 5.74) is -0.467. The molecule has 1 heterocycles. The molecule has 1 aromatic rings. The molecule has 0 aliphatic carbocycles. The fourth-order valence-electron chi connectivity index (χ4n) is 1.47. The van der Waals surface area contributed by atoms with Crippen LogP contribution in [0.2, 0.25) is 0 Å². The van der Waals surface area contributed by atoms with E-state index in [0.717, 1.165) is 0 Å². The second kappa shape index (κ2) is 5.79. The molecular weight excluding hydrogens is 224 g/mol. The summed E-state index contributed by atoms with van der Waals surface area (Å²) < 4.78 is 6.80. The highest BCUT2D eigenvalue weighted by Crippen LogP contribution is 2.09. The third-order valence-electron chi connectivity index (χ3n) is 2.59. The number of nitrogens with one attached hydrogen (secondary N) is 1. The molecule has 2 atom stereocenters. The Labute approximate surface area is 98.9 Å². The Kier molecular flexibility index (Phi) is 4.65. The molecule has 0 radical (unpaired) electrons. The highest BCUT2D eigenvalue weighted by molar-refractivity contribution is 5.01. The van der Waals surface area contributed by atoms with Crippen molar-refractivity contribution in [1.29, 1.82) is 0 Å². The van der Waals surface area contributed by atoms with E-state index in [1.54, 1.807) is 13.8 Å². The Bertz CT molecular complexity index is 473. The van der Waals surface area contributed by atoms with E-state index in [2.05, 4.69) is 4.98 Å². The van der Waals surface area contributed by atoms with Crippen LogP contribution in [0.15, 0.2) is 15.8 Å². The van der Waals surface area contributed by atoms with Gasteiger partial charge in [-0.1, -0.05) is 6.92 Å². The maximum Gasteiger partial charge on any atom is 0.330 e. The van der Waals surface area contributed by atoms with Crippen molar-refractivity contribution >= 4 is 0 Å². The summed E-state index contributed by atoms with van der Waals surface area (Å²) >= 11 is 0. The Morgan fingerprint density at radius 1 is 1.53 bits per heavy atom. The number of nitrogens with zero attached hydrogens (tertiary/aromatic N) is 1. The van der Waals surface area contributed by atoms with Gasteiger partial charge in [0, 0.05) is 11.8 Å². The zero-order valence-electron chi connectivity index (χ0n) is 10.3. The van der Waals surface area contributed by atoms with Gasteiger partial charge in [0.25, 0.3) is 5.56 Å². The molecule has 0 bridgehead atoms. The molecule has 0 amide bonds. The van der Waals surface area contributed by atoms with Gasteiger partial charge in [-0.05, 0) is 20.3 Å². The van der Waals surface area contributed by atoms with Crippen molar-refractivity contribution in [3.05, 3.63) is 32.6 Å². The first-order valence-electron chi connectivity index (χ1n) is 5.58. The van der Waals surface area contributed by atoms with Crippen molar-refractivity contribution in [2.45, 2.75) is 39.5 Å². The molecular formula is C11H18N2O4. The number of aliphatic hydroxyl groups excluding tert-OH is 1. The fourth-order valence-corrected chi connectivity index (χ4v) is 1.47.